The van der Waals surface area contributed by atoms with Crippen molar-refractivity contribution >= 4 is 0 Å². The van der Waals surface area contributed by atoms with Crippen LogP contribution >= 0.6 is 0 Å². The third-order valence-electron chi connectivity index (χ3n) is 4.00. The lowest BCUT2D eigenvalue weighted by molar-refractivity contribution is 0.210. The van der Waals surface area contributed by atoms with Crippen LogP contribution in [0.15, 0.2) is 24.3 Å². The van der Waals surface area contributed by atoms with Crippen molar-refractivity contribution in [3.05, 3.63) is 29.8 Å². The van der Waals surface area contributed by atoms with E-state index in [-0.39, 0.29) is 6.04 Å². The highest BCUT2D eigenvalue weighted by Crippen LogP contribution is 2.39. The van der Waals surface area contributed by atoms with Gasteiger partial charge in [0, 0.05) is 6.04 Å². The van der Waals surface area contributed by atoms with Crippen LogP contribution in [0.3, 0.4) is 0 Å². The molecule has 3 rings (SSSR count). The Kier molecular flexibility index (Phi) is 3.06. The molecule has 17 heavy (non-hydrogen) atoms. The van der Waals surface area contributed by atoms with E-state index >= 15 is 0 Å². The summed E-state index contributed by atoms with van der Waals surface area (Å²) in [6.45, 7) is 0. The summed E-state index contributed by atoms with van der Waals surface area (Å²) in [5, 5.41) is 0. The lowest BCUT2D eigenvalue weighted by Crippen LogP contribution is -2.13. The quantitative estimate of drug-likeness (QED) is 0.861. The van der Waals surface area contributed by atoms with Crippen molar-refractivity contribution in [3.8, 4) is 5.75 Å². The number of hydrogen-bond acceptors (Lipinski definition) is 2. The van der Waals surface area contributed by atoms with Gasteiger partial charge in [0.15, 0.2) is 0 Å². The van der Waals surface area contributed by atoms with Gasteiger partial charge in [0.2, 0.25) is 0 Å². The molecule has 1 unspecified atom stereocenters. The van der Waals surface area contributed by atoms with Crippen LogP contribution in [0.25, 0.3) is 0 Å². The lowest BCUT2D eigenvalue weighted by Gasteiger charge is -2.15. The first-order valence-corrected chi connectivity index (χ1v) is 6.85. The Balaban J connectivity index is 1.62. The zero-order valence-electron chi connectivity index (χ0n) is 10.3. The summed E-state index contributed by atoms with van der Waals surface area (Å²) in [5.41, 5.74) is 7.43. The number of nitrogens with two attached hydrogens (primary N) is 1. The van der Waals surface area contributed by atoms with Crippen LogP contribution in [-0.2, 0) is 0 Å². The smallest absolute Gasteiger partial charge is 0.119 e. The summed E-state index contributed by atoms with van der Waals surface area (Å²) >= 11 is 0. The fraction of sp³-hybridized carbons (Fsp3) is 0.600. The Bertz CT molecular complexity index is 363. The first-order chi connectivity index (χ1) is 8.33. The van der Waals surface area contributed by atoms with E-state index in [4.69, 9.17) is 10.5 Å². The highest BCUT2D eigenvalue weighted by molar-refractivity contribution is 5.30. The van der Waals surface area contributed by atoms with E-state index in [1.165, 1.54) is 44.1 Å². The van der Waals surface area contributed by atoms with Gasteiger partial charge in [-0.2, -0.15) is 0 Å². The molecule has 2 fully saturated rings. The molecule has 0 bridgehead atoms. The van der Waals surface area contributed by atoms with E-state index < -0.39 is 0 Å². The third-order valence-corrected chi connectivity index (χ3v) is 4.00. The second-order valence-electron chi connectivity index (χ2n) is 5.46. The molecule has 92 valence electrons. The molecule has 2 heteroatoms. The summed E-state index contributed by atoms with van der Waals surface area (Å²) in [5.74, 6) is 1.72. The van der Waals surface area contributed by atoms with Crippen LogP contribution < -0.4 is 10.5 Å². The molecule has 0 amide bonds. The second-order valence-corrected chi connectivity index (χ2v) is 5.46. The molecular formula is C15H21NO. The molecular weight excluding hydrogens is 210 g/mol. The van der Waals surface area contributed by atoms with E-state index in [9.17, 15) is 0 Å². The topological polar surface area (TPSA) is 35.2 Å². The van der Waals surface area contributed by atoms with Gasteiger partial charge in [-0.3, -0.25) is 0 Å². The molecule has 0 radical (unpaired) electrons. The van der Waals surface area contributed by atoms with E-state index in [0.717, 1.165) is 11.7 Å². The van der Waals surface area contributed by atoms with Crippen molar-refractivity contribution in [2.75, 3.05) is 0 Å². The summed E-state index contributed by atoms with van der Waals surface area (Å²) in [4.78, 5) is 0. The van der Waals surface area contributed by atoms with Crippen LogP contribution in [0.2, 0.25) is 0 Å². The Morgan fingerprint density at radius 1 is 1.00 bits per heavy atom. The molecule has 2 nitrogen and oxygen atoms in total. The van der Waals surface area contributed by atoms with Gasteiger partial charge in [-0.15, -0.1) is 0 Å². The molecule has 1 aromatic rings. The average Bonchev–Trinajstić information content (AvgIpc) is 3.09. The Morgan fingerprint density at radius 3 is 2.24 bits per heavy atom. The summed E-state index contributed by atoms with van der Waals surface area (Å²) < 4.78 is 5.95. The fourth-order valence-electron chi connectivity index (χ4n) is 2.69. The predicted octanol–water partition coefficient (Wildman–Crippen LogP) is 3.42. The zero-order chi connectivity index (χ0) is 11.7. The zero-order valence-corrected chi connectivity index (χ0v) is 10.3. The van der Waals surface area contributed by atoms with Gasteiger partial charge in [0.05, 0.1) is 6.10 Å². The Labute approximate surface area is 103 Å². The van der Waals surface area contributed by atoms with Gasteiger partial charge in [0.1, 0.15) is 5.75 Å². The van der Waals surface area contributed by atoms with Gasteiger partial charge >= 0.3 is 0 Å². The molecule has 0 heterocycles. The molecule has 2 aliphatic carbocycles. The van der Waals surface area contributed by atoms with Crippen molar-refractivity contribution < 1.29 is 4.74 Å². The normalized spacial score (nSPS) is 22.6. The highest BCUT2D eigenvalue weighted by Gasteiger charge is 2.29. The number of rotatable bonds is 4. The van der Waals surface area contributed by atoms with E-state index in [0.29, 0.717) is 6.10 Å². The van der Waals surface area contributed by atoms with Crippen LogP contribution in [0.1, 0.15) is 50.1 Å². The van der Waals surface area contributed by atoms with Gasteiger partial charge in [-0.1, -0.05) is 12.1 Å². The fourth-order valence-corrected chi connectivity index (χ4v) is 2.69. The second kappa shape index (κ2) is 4.69. The molecule has 2 N–H and O–H groups in total. The molecule has 1 atom stereocenters. The maximum atomic E-state index is 6.17. The van der Waals surface area contributed by atoms with Crippen molar-refractivity contribution in [1.29, 1.82) is 0 Å². The van der Waals surface area contributed by atoms with Crippen LogP contribution in [0.5, 0.6) is 5.75 Å². The minimum absolute atomic E-state index is 0.232. The third kappa shape index (κ3) is 2.63. The summed E-state index contributed by atoms with van der Waals surface area (Å²) in [6.07, 6.45) is 8.08. The molecule has 2 aliphatic rings. The minimum Gasteiger partial charge on any atom is -0.490 e. The first kappa shape index (κ1) is 11.1. The molecule has 0 aromatic heterocycles. The Morgan fingerprint density at radius 2 is 1.65 bits per heavy atom. The summed E-state index contributed by atoms with van der Waals surface area (Å²) in [7, 11) is 0. The van der Waals surface area contributed by atoms with Crippen molar-refractivity contribution in [1.82, 2.24) is 0 Å². The summed E-state index contributed by atoms with van der Waals surface area (Å²) in [6, 6.07) is 8.65. The van der Waals surface area contributed by atoms with Crippen LogP contribution in [-0.4, -0.2) is 6.10 Å². The number of ether oxygens (including phenoxy) is 1. The predicted molar refractivity (Wildman–Crippen MR) is 69.0 cm³/mol. The lowest BCUT2D eigenvalue weighted by atomic mass is 10.0. The molecule has 1 aromatic carbocycles. The van der Waals surface area contributed by atoms with E-state index in [1.54, 1.807) is 0 Å². The standard InChI is InChI=1S/C15H21NO/c16-15(11-5-6-11)12-7-9-14(10-8-12)17-13-3-1-2-4-13/h7-11,13,15H,1-6,16H2. The SMILES string of the molecule is NC(c1ccc(OC2CCCC2)cc1)C1CC1. The van der Waals surface area contributed by atoms with Gasteiger partial charge in [-0.25, -0.2) is 0 Å². The van der Waals surface area contributed by atoms with Crippen LogP contribution in [0.4, 0.5) is 0 Å². The van der Waals surface area contributed by atoms with Crippen molar-refractivity contribution in [2.24, 2.45) is 11.7 Å². The van der Waals surface area contributed by atoms with Crippen LogP contribution in [0, 0.1) is 5.92 Å². The average molecular weight is 231 g/mol. The minimum atomic E-state index is 0.232. The van der Waals surface area contributed by atoms with Gasteiger partial charge < -0.3 is 10.5 Å². The molecule has 0 saturated heterocycles. The van der Waals surface area contributed by atoms with Crippen molar-refractivity contribution in [3.63, 3.8) is 0 Å². The van der Waals surface area contributed by atoms with Gasteiger partial charge in [0.25, 0.3) is 0 Å². The largest absolute Gasteiger partial charge is 0.490 e. The molecule has 2 saturated carbocycles. The molecule has 0 aliphatic heterocycles. The number of hydrogen-bond donors (Lipinski definition) is 1. The number of benzene rings is 1. The van der Waals surface area contributed by atoms with E-state index in [2.05, 4.69) is 24.3 Å². The van der Waals surface area contributed by atoms with Gasteiger partial charge in [-0.05, 0) is 62.1 Å². The van der Waals surface area contributed by atoms with Crippen molar-refractivity contribution in [2.45, 2.75) is 50.7 Å². The Hall–Kier alpha value is -1.02. The maximum Gasteiger partial charge on any atom is 0.119 e. The first-order valence-electron chi connectivity index (χ1n) is 6.85. The maximum absolute atomic E-state index is 6.17. The highest BCUT2D eigenvalue weighted by atomic mass is 16.5. The van der Waals surface area contributed by atoms with E-state index in [1.807, 2.05) is 0 Å². The monoisotopic (exact) mass is 231 g/mol. The molecule has 0 spiro atoms.